The van der Waals surface area contributed by atoms with Crippen molar-refractivity contribution in [2.45, 2.75) is 25.7 Å². The van der Waals surface area contributed by atoms with Crippen LogP contribution < -0.4 is 5.73 Å². The van der Waals surface area contributed by atoms with E-state index in [1.165, 1.54) is 0 Å². The van der Waals surface area contributed by atoms with Gasteiger partial charge in [-0.1, -0.05) is 29.4 Å². The molecule has 4 rings (SSSR count). The minimum absolute atomic E-state index is 0.00774. The summed E-state index contributed by atoms with van der Waals surface area (Å²) in [7, 11) is 0. The topological polar surface area (TPSA) is 85.2 Å². The molecule has 1 amide bonds. The van der Waals surface area contributed by atoms with Crippen LogP contribution in [0.5, 0.6) is 0 Å². The molecule has 0 spiro atoms. The first kappa shape index (κ1) is 15.6. The number of benzene rings is 1. The molecule has 3 aromatic rings. The Bertz CT molecular complexity index is 921. The lowest BCUT2D eigenvalue weighted by Crippen LogP contribution is -2.38. The van der Waals surface area contributed by atoms with Gasteiger partial charge < -0.3 is 15.2 Å². The SMILES string of the molecule is Cc1c(C2CCN(C(=O)c3nccc4ccccc34)CC2)noc1N. The molecule has 1 aliphatic heterocycles. The Morgan fingerprint density at radius 1 is 1.24 bits per heavy atom. The van der Waals surface area contributed by atoms with E-state index in [0.717, 1.165) is 34.9 Å². The maximum atomic E-state index is 12.9. The number of carbonyl (C=O) groups is 1. The average Bonchev–Trinajstić information content (AvgIpc) is 3.00. The van der Waals surface area contributed by atoms with E-state index in [1.54, 1.807) is 6.20 Å². The molecule has 1 aliphatic rings. The van der Waals surface area contributed by atoms with Crippen LogP contribution in [0.4, 0.5) is 5.88 Å². The third kappa shape index (κ3) is 2.73. The quantitative estimate of drug-likeness (QED) is 0.777. The van der Waals surface area contributed by atoms with Gasteiger partial charge in [0.25, 0.3) is 5.91 Å². The Morgan fingerprint density at radius 3 is 2.72 bits per heavy atom. The zero-order valence-corrected chi connectivity index (χ0v) is 14.1. The number of fused-ring (bicyclic) bond motifs is 1. The van der Waals surface area contributed by atoms with E-state index >= 15 is 0 Å². The Hall–Kier alpha value is -2.89. The number of rotatable bonds is 2. The Labute approximate surface area is 145 Å². The number of pyridine rings is 1. The lowest BCUT2D eigenvalue weighted by Gasteiger charge is -2.31. The molecule has 6 heteroatoms. The third-order valence-electron chi connectivity index (χ3n) is 5.04. The minimum Gasteiger partial charge on any atom is -0.367 e. The summed E-state index contributed by atoms with van der Waals surface area (Å²) in [4.78, 5) is 19.2. The summed E-state index contributed by atoms with van der Waals surface area (Å²) in [6.45, 7) is 3.29. The molecule has 2 N–H and O–H groups in total. The summed E-state index contributed by atoms with van der Waals surface area (Å²) in [6.07, 6.45) is 3.40. The van der Waals surface area contributed by atoms with E-state index < -0.39 is 0 Å². The van der Waals surface area contributed by atoms with Crippen molar-refractivity contribution in [3.8, 4) is 0 Å². The summed E-state index contributed by atoms with van der Waals surface area (Å²) in [6, 6.07) is 9.77. The summed E-state index contributed by atoms with van der Waals surface area (Å²) >= 11 is 0. The van der Waals surface area contributed by atoms with Crippen LogP contribution in [0.25, 0.3) is 10.8 Å². The average molecular weight is 336 g/mol. The maximum Gasteiger partial charge on any atom is 0.273 e. The van der Waals surface area contributed by atoms with Gasteiger partial charge in [0.2, 0.25) is 5.88 Å². The zero-order chi connectivity index (χ0) is 17.4. The van der Waals surface area contributed by atoms with Crippen LogP contribution in [0.3, 0.4) is 0 Å². The number of likely N-dealkylation sites (tertiary alicyclic amines) is 1. The highest BCUT2D eigenvalue weighted by molar-refractivity contribution is 6.05. The molecular weight excluding hydrogens is 316 g/mol. The largest absolute Gasteiger partial charge is 0.367 e. The van der Waals surface area contributed by atoms with Crippen molar-refractivity contribution >= 4 is 22.6 Å². The first-order valence-corrected chi connectivity index (χ1v) is 8.50. The lowest BCUT2D eigenvalue weighted by atomic mass is 9.91. The van der Waals surface area contributed by atoms with Gasteiger partial charge in [0.05, 0.1) is 5.69 Å². The van der Waals surface area contributed by atoms with Crippen molar-refractivity contribution in [1.29, 1.82) is 0 Å². The van der Waals surface area contributed by atoms with Gasteiger partial charge >= 0.3 is 0 Å². The molecule has 1 aromatic carbocycles. The molecule has 0 bridgehead atoms. The van der Waals surface area contributed by atoms with Gasteiger partial charge in [0.15, 0.2) is 0 Å². The van der Waals surface area contributed by atoms with Gasteiger partial charge in [-0.3, -0.25) is 9.78 Å². The van der Waals surface area contributed by atoms with Crippen molar-refractivity contribution in [2.75, 3.05) is 18.8 Å². The highest BCUT2D eigenvalue weighted by Gasteiger charge is 2.29. The molecular formula is C19H20N4O2. The summed E-state index contributed by atoms with van der Waals surface area (Å²) in [5.74, 6) is 0.658. The Morgan fingerprint density at radius 2 is 2.00 bits per heavy atom. The first-order valence-electron chi connectivity index (χ1n) is 8.50. The number of nitrogens with zero attached hydrogens (tertiary/aromatic N) is 3. The van der Waals surface area contributed by atoms with Gasteiger partial charge in [-0.05, 0) is 31.2 Å². The number of carbonyl (C=O) groups excluding carboxylic acids is 1. The maximum absolute atomic E-state index is 12.9. The first-order chi connectivity index (χ1) is 12.1. The number of anilines is 1. The highest BCUT2D eigenvalue weighted by Crippen LogP contribution is 2.32. The van der Waals surface area contributed by atoms with Crippen LogP contribution in [0, 0.1) is 6.92 Å². The molecule has 0 aliphatic carbocycles. The molecule has 2 aromatic heterocycles. The molecule has 3 heterocycles. The standard InChI is InChI=1S/C19H20N4O2/c1-12-16(22-25-18(12)20)14-7-10-23(11-8-14)19(24)17-15-5-3-2-4-13(15)6-9-21-17/h2-6,9,14H,7-8,10-11,20H2,1H3. The van der Waals surface area contributed by atoms with Crippen LogP contribution in [0.15, 0.2) is 41.1 Å². The number of hydrogen-bond acceptors (Lipinski definition) is 5. The van der Waals surface area contributed by atoms with E-state index in [4.69, 9.17) is 10.3 Å². The lowest BCUT2D eigenvalue weighted by molar-refractivity contribution is 0.0707. The van der Waals surface area contributed by atoms with Crippen LogP contribution in [-0.4, -0.2) is 34.0 Å². The normalized spacial score (nSPS) is 15.6. The van der Waals surface area contributed by atoms with Gasteiger partial charge in [-0.2, -0.15) is 0 Å². The van der Waals surface area contributed by atoms with Crippen LogP contribution >= 0.6 is 0 Å². The van der Waals surface area contributed by atoms with Crippen molar-refractivity contribution < 1.29 is 9.32 Å². The van der Waals surface area contributed by atoms with Crippen molar-refractivity contribution in [3.05, 3.63) is 53.5 Å². The molecule has 0 atom stereocenters. The number of nitrogen functional groups attached to an aromatic ring is 1. The zero-order valence-electron chi connectivity index (χ0n) is 14.1. The predicted molar refractivity (Wildman–Crippen MR) is 95.3 cm³/mol. The van der Waals surface area contributed by atoms with Gasteiger partial charge in [-0.15, -0.1) is 0 Å². The summed E-state index contributed by atoms with van der Waals surface area (Å²) in [5, 5.41) is 6.02. The molecule has 1 saturated heterocycles. The van der Waals surface area contributed by atoms with Crippen molar-refractivity contribution in [3.63, 3.8) is 0 Å². The summed E-state index contributed by atoms with van der Waals surface area (Å²) in [5.41, 5.74) is 8.12. The second-order valence-corrected chi connectivity index (χ2v) is 6.50. The van der Waals surface area contributed by atoms with Crippen LogP contribution in [0.2, 0.25) is 0 Å². The van der Waals surface area contributed by atoms with E-state index in [1.807, 2.05) is 42.2 Å². The Balaban J connectivity index is 1.52. The molecule has 128 valence electrons. The van der Waals surface area contributed by atoms with Gasteiger partial charge in [0.1, 0.15) is 5.69 Å². The monoisotopic (exact) mass is 336 g/mol. The van der Waals surface area contributed by atoms with Gasteiger partial charge in [0, 0.05) is 36.2 Å². The number of aromatic nitrogens is 2. The van der Waals surface area contributed by atoms with E-state index in [0.29, 0.717) is 24.7 Å². The fourth-order valence-electron chi connectivity index (χ4n) is 3.54. The van der Waals surface area contributed by atoms with Crippen molar-refractivity contribution in [1.82, 2.24) is 15.0 Å². The number of nitrogens with two attached hydrogens (primary N) is 1. The predicted octanol–water partition coefficient (Wildman–Crippen LogP) is 3.13. The fraction of sp³-hybridized carbons (Fsp3) is 0.316. The van der Waals surface area contributed by atoms with E-state index in [2.05, 4.69) is 10.1 Å². The smallest absolute Gasteiger partial charge is 0.273 e. The molecule has 0 saturated carbocycles. The molecule has 0 radical (unpaired) electrons. The number of hydrogen-bond donors (Lipinski definition) is 1. The fourth-order valence-corrected chi connectivity index (χ4v) is 3.54. The summed E-state index contributed by atoms with van der Waals surface area (Å²) < 4.78 is 5.08. The second-order valence-electron chi connectivity index (χ2n) is 6.50. The van der Waals surface area contributed by atoms with Crippen LogP contribution in [0.1, 0.15) is 40.5 Å². The number of piperidine rings is 1. The third-order valence-corrected chi connectivity index (χ3v) is 5.04. The molecule has 25 heavy (non-hydrogen) atoms. The highest BCUT2D eigenvalue weighted by atomic mass is 16.5. The van der Waals surface area contributed by atoms with Crippen LogP contribution in [-0.2, 0) is 0 Å². The second kappa shape index (κ2) is 6.20. The van der Waals surface area contributed by atoms with E-state index in [9.17, 15) is 4.79 Å². The molecule has 0 unspecified atom stereocenters. The van der Waals surface area contributed by atoms with Gasteiger partial charge in [-0.25, -0.2) is 0 Å². The van der Waals surface area contributed by atoms with E-state index in [-0.39, 0.29) is 11.8 Å². The Kier molecular flexibility index (Phi) is 3.87. The minimum atomic E-state index is -0.00774. The molecule has 1 fully saturated rings. The number of amides is 1. The molecule has 6 nitrogen and oxygen atoms in total. The van der Waals surface area contributed by atoms with Crippen molar-refractivity contribution in [2.24, 2.45) is 0 Å².